The van der Waals surface area contributed by atoms with Crippen LogP contribution in [0.2, 0.25) is 0 Å². The highest BCUT2D eigenvalue weighted by Crippen LogP contribution is 2.40. The van der Waals surface area contributed by atoms with E-state index in [4.69, 9.17) is 4.74 Å². The number of aromatic nitrogens is 4. The van der Waals surface area contributed by atoms with Crippen molar-refractivity contribution in [2.24, 2.45) is 5.41 Å². The fourth-order valence-electron chi connectivity index (χ4n) is 4.31. The Balaban J connectivity index is 1.31. The number of halogens is 3. The zero-order chi connectivity index (χ0) is 20.1. The molecule has 9 heteroatoms. The van der Waals surface area contributed by atoms with E-state index in [9.17, 15) is 13.2 Å². The van der Waals surface area contributed by atoms with Gasteiger partial charge in [-0.15, -0.1) is 0 Å². The molecular formula is C20H20F3N5O. The van der Waals surface area contributed by atoms with E-state index in [-0.39, 0.29) is 0 Å². The van der Waals surface area contributed by atoms with E-state index in [0.29, 0.717) is 22.2 Å². The van der Waals surface area contributed by atoms with Crippen molar-refractivity contribution in [2.45, 2.75) is 25.6 Å². The molecule has 0 radical (unpaired) electrons. The molecule has 0 N–H and O–H groups in total. The van der Waals surface area contributed by atoms with E-state index in [1.165, 1.54) is 12.3 Å². The molecule has 0 bridgehead atoms. The summed E-state index contributed by atoms with van der Waals surface area (Å²) in [6, 6.07) is 2.37. The smallest absolute Gasteiger partial charge is 0.381 e. The Hall–Kier alpha value is -2.52. The van der Waals surface area contributed by atoms with Crippen LogP contribution in [0.25, 0.3) is 16.8 Å². The number of pyridine rings is 1. The maximum absolute atomic E-state index is 12.7. The minimum absolute atomic E-state index is 0.421. The SMILES string of the molecule is FC(F)(F)c1ccc(-c2cnn3cc(CN4CC5(CCOCC5)C4)cnc23)cn1. The molecule has 0 aliphatic carbocycles. The normalized spacial score (nSPS) is 19.6. The average molecular weight is 403 g/mol. The molecule has 2 fully saturated rings. The molecule has 6 nitrogen and oxygen atoms in total. The van der Waals surface area contributed by atoms with Gasteiger partial charge in [-0.05, 0) is 18.9 Å². The molecule has 0 saturated carbocycles. The molecule has 3 aromatic rings. The molecule has 5 rings (SSSR count). The van der Waals surface area contributed by atoms with Crippen molar-refractivity contribution in [3.63, 3.8) is 0 Å². The van der Waals surface area contributed by atoms with Gasteiger partial charge in [-0.2, -0.15) is 18.3 Å². The van der Waals surface area contributed by atoms with Gasteiger partial charge < -0.3 is 4.74 Å². The Morgan fingerprint density at radius 3 is 2.52 bits per heavy atom. The summed E-state index contributed by atoms with van der Waals surface area (Å²) in [6.07, 6.45) is 4.37. The molecule has 3 aromatic heterocycles. The number of rotatable bonds is 3. The largest absolute Gasteiger partial charge is 0.433 e. The van der Waals surface area contributed by atoms with Crippen LogP contribution < -0.4 is 0 Å². The number of likely N-dealkylation sites (tertiary alicyclic amines) is 1. The van der Waals surface area contributed by atoms with Gasteiger partial charge in [0.25, 0.3) is 0 Å². The van der Waals surface area contributed by atoms with Crippen LogP contribution in [0, 0.1) is 5.41 Å². The lowest BCUT2D eigenvalue weighted by atomic mass is 9.73. The fraction of sp³-hybridized carbons (Fsp3) is 0.450. The predicted molar refractivity (Wildman–Crippen MR) is 99.0 cm³/mol. The van der Waals surface area contributed by atoms with Gasteiger partial charge in [-0.3, -0.25) is 9.88 Å². The van der Waals surface area contributed by atoms with E-state index >= 15 is 0 Å². The van der Waals surface area contributed by atoms with Crippen LogP contribution in [0.5, 0.6) is 0 Å². The molecule has 0 atom stereocenters. The minimum atomic E-state index is -4.45. The van der Waals surface area contributed by atoms with E-state index < -0.39 is 11.9 Å². The van der Waals surface area contributed by atoms with Crippen LogP contribution in [-0.2, 0) is 17.5 Å². The Morgan fingerprint density at radius 1 is 1.03 bits per heavy atom. The molecule has 29 heavy (non-hydrogen) atoms. The van der Waals surface area contributed by atoms with Gasteiger partial charge in [-0.1, -0.05) is 6.07 Å². The molecule has 5 heterocycles. The Bertz CT molecular complexity index is 1020. The zero-order valence-corrected chi connectivity index (χ0v) is 15.7. The first-order valence-corrected chi connectivity index (χ1v) is 9.58. The highest BCUT2D eigenvalue weighted by atomic mass is 19.4. The number of hydrogen-bond acceptors (Lipinski definition) is 5. The number of hydrogen-bond donors (Lipinski definition) is 0. The van der Waals surface area contributed by atoms with Crippen LogP contribution in [0.3, 0.4) is 0 Å². The maximum Gasteiger partial charge on any atom is 0.433 e. The van der Waals surface area contributed by atoms with E-state index in [1.807, 2.05) is 12.4 Å². The third-order valence-electron chi connectivity index (χ3n) is 5.85. The summed E-state index contributed by atoms with van der Waals surface area (Å²) in [6.45, 7) is 4.68. The number of alkyl halides is 3. The Morgan fingerprint density at radius 2 is 1.83 bits per heavy atom. The molecule has 2 aliphatic rings. The van der Waals surface area contributed by atoms with Crippen LogP contribution >= 0.6 is 0 Å². The summed E-state index contributed by atoms with van der Waals surface area (Å²) in [4.78, 5) is 10.4. The average Bonchev–Trinajstić information content (AvgIpc) is 3.10. The van der Waals surface area contributed by atoms with Crippen molar-refractivity contribution in [3.05, 3.63) is 48.2 Å². The fourth-order valence-corrected chi connectivity index (χ4v) is 4.31. The Kier molecular flexibility index (Phi) is 4.32. The van der Waals surface area contributed by atoms with Crippen molar-refractivity contribution < 1.29 is 17.9 Å². The van der Waals surface area contributed by atoms with Gasteiger partial charge in [0.1, 0.15) is 5.69 Å². The second-order valence-corrected chi connectivity index (χ2v) is 7.98. The van der Waals surface area contributed by atoms with Gasteiger partial charge in [0.15, 0.2) is 5.65 Å². The predicted octanol–water partition coefficient (Wildman–Crippen LogP) is 3.42. The summed E-state index contributed by atoms with van der Waals surface area (Å²) in [5, 5.41) is 4.33. The summed E-state index contributed by atoms with van der Waals surface area (Å²) in [7, 11) is 0. The third kappa shape index (κ3) is 3.49. The number of ether oxygens (including phenoxy) is 1. The topological polar surface area (TPSA) is 55.5 Å². The maximum atomic E-state index is 12.7. The molecule has 1 spiro atoms. The highest BCUT2D eigenvalue weighted by molar-refractivity contribution is 5.76. The summed E-state index contributed by atoms with van der Waals surface area (Å²) >= 11 is 0. The summed E-state index contributed by atoms with van der Waals surface area (Å²) in [5.74, 6) is 0. The monoisotopic (exact) mass is 403 g/mol. The highest BCUT2D eigenvalue weighted by Gasteiger charge is 2.43. The van der Waals surface area contributed by atoms with Crippen LogP contribution in [0.15, 0.2) is 36.9 Å². The van der Waals surface area contributed by atoms with Crippen molar-refractivity contribution in [1.82, 2.24) is 24.5 Å². The lowest BCUT2D eigenvalue weighted by molar-refractivity contribution is -0.141. The zero-order valence-electron chi connectivity index (χ0n) is 15.7. The van der Waals surface area contributed by atoms with Crippen molar-refractivity contribution in [2.75, 3.05) is 26.3 Å². The van der Waals surface area contributed by atoms with Gasteiger partial charge >= 0.3 is 6.18 Å². The van der Waals surface area contributed by atoms with Crippen molar-refractivity contribution in [1.29, 1.82) is 0 Å². The van der Waals surface area contributed by atoms with Gasteiger partial charge in [0.2, 0.25) is 0 Å². The molecule has 0 aromatic carbocycles. The van der Waals surface area contributed by atoms with Gasteiger partial charge in [0.05, 0.1) is 6.20 Å². The van der Waals surface area contributed by atoms with Crippen LogP contribution in [0.1, 0.15) is 24.1 Å². The minimum Gasteiger partial charge on any atom is -0.381 e. The third-order valence-corrected chi connectivity index (χ3v) is 5.85. The molecular weight excluding hydrogens is 383 g/mol. The molecule has 2 saturated heterocycles. The molecule has 2 aliphatic heterocycles. The molecule has 152 valence electrons. The number of fused-ring (bicyclic) bond motifs is 1. The lowest BCUT2D eigenvalue weighted by Crippen LogP contribution is -2.57. The van der Waals surface area contributed by atoms with Crippen molar-refractivity contribution >= 4 is 5.65 Å². The molecule has 0 amide bonds. The first-order valence-electron chi connectivity index (χ1n) is 9.58. The van der Waals surface area contributed by atoms with Gasteiger partial charge in [0, 0.05) is 73.5 Å². The van der Waals surface area contributed by atoms with Crippen LogP contribution in [-0.4, -0.2) is 50.8 Å². The van der Waals surface area contributed by atoms with E-state index in [0.717, 1.165) is 57.3 Å². The summed E-state index contributed by atoms with van der Waals surface area (Å²) < 4.78 is 45.3. The first kappa shape index (κ1) is 18.5. The van der Waals surface area contributed by atoms with E-state index in [1.54, 1.807) is 10.7 Å². The quantitative estimate of drug-likeness (QED) is 0.671. The second kappa shape index (κ2) is 6.77. The Labute approximate surface area is 165 Å². The van der Waals surface area contributed by atoms with Gasteiger partial charge in [-0.25, -0.2) is 9.50 Å². The number of nitrogens with zero attached hydrogens (tertiary/aromatic N) is 5. The summed E-state index contributed by atoms with van der Waals surface area (Å²) in [5.41, 5.74) is 2.37. The van der Waals surface area contributed by atoms with E-state index in [2.05, 4.69) is 20.0 Å². The first-order chi connectivity index (χ1) is 13.9. The lowest BCUT2D eigenvalue weighted by Gasteiger charge is -2.52. The second-order valence-electron chi connectivity index (χ2n) is 7.98. The van der Waals surface area contributed by atoms with Crippen LogP contribution in [0.4, 0.5) is 13.2 Å². The standard InChI is InChI=1S/C20H20F3N5O/c21-20(22,23)17-2-1-15(8-24-17)16-9-26-28-11-14(7-25-18(16)28)10-27-12-19(13-27)3-5-29-6-4-19/h1-2,7-9,11H,3-6,10,12-13H2. The van der Waals surface area contributed by atoms with Crippen molar-refractivity contribution in [3.8, 4) is 11.1 Å². The molecule has 0 unspecified atom stereocenters.